The molecule has 1 N–H and O–H groups in total. The standard InChI is InChI=1S/C28H39N5O2/c1-19-24-25(30-33(19)21-11-14-31(4)27(2,3)17-21)22-7-5-6-8-23(22)35-28(24)12-15-32(16-13-28)26(34)29-18-20-9-10-20/h5-8,20-21H,9-18H2,1-4H3,(H,29,34)/t21-/m1/s1. The Bertz CT molecular complexity index is 1130. The monoisotopic (exact) mass is 477 g/mol. The summed E-state index contributed by atoms with van der Waals surface area (Å²) < 4.78 is 9.15. The van der Waals surface area contributed by atoms with Gasteiger partial charge in [-0.05, 0) is 71.6 Å². The first-order valence-corrected chi connectivity index (χ1v) is 13.4. The van der Waals surface area contributed by atoms with E-state index < -0.39 is 5.60 Å². The molecule has 0 bridgehead atoms. The van der Waals surface area contributed by atoms with Crippen LogP contribution in [0, 0.1) is 12.8 Å². The van der Waals surface area contributed by atoms with Crippen LogP contribution in [-0.2, 0) is 5.60 Å². The van der Waals surface area contributed by atoms with Gasteiger partial charge in [0.1, 0.15) is 17.0 Å². The predicted octanol–water partition coefficient (Wildman–Crippen LogP) is 4.71. The molecule has 1 atom stereocenters. The Morgan fingerprint density at radius 2 is 1.89 bits per heavy atom. The zero-order valence-electron chi connectivity index (χ0n) is 21.6. The van der Waals surface area contributed by atoms with E-state index in [1.54, 1.807) is 0 Å². The smallest absolute Gasteiger partial charge is 0.317 e. The van der Waals surface area contributed by atoms with Gasteiger partial charge in [-0.2, -0.15) is 5.10 Å². The van der Waals surface area contributed by atoms with Crippen molar-refractivity contribution in [3.05, 3.63) is 35.5 Å². The predicted molar refractivity (Wildman–Crippen MR) is 137 cm³/mol. The average Bonchev–Trinajstić information content (AvgIpc) is 3.60. The van der Waals surface area contributed by atoms with Gasteiger partial charge in [0, 0.05) is 61.4 Å². The van der Waals surface area contributed by atoms with Gasteiger partial charge in [0.2, 0.25) is 0 Å². The average molecular weight is 478 g/mol. The van der Waals surface area contributed by atoms with Crippen molar-refractivity contribution in [2.75, 3.05) is 33.2 Å². The van der Waals surface area contributed by atoms with E-state index in [9.17, 15) is 4.79 Å². The van der Waals surface area contributed by atoms with Crippen LogP contribution in [0.1, 0.15) is 69.7 Å². The van der Waals surface area contributed by atoms with E-state index >= 15 is 0 Å². The molecule has 1 saturated carbocycles. The summed E-state index contributed by atoms with van der Waals surface area (Å²) in [5, 5.41) is 8.43. The van der Waals surface area contributed by atoms with Crippen LogP contribution in [0.4, 0.5) is 4.79 Å². The minimum Gasteiger partial charge on any atom is -0.482 e. The number of urea groups is 1. The lowest BCUT2D eigenvalue weighted by Gasteiger charge is -2.45. The van der Waals surface area contributed by atoms with E-state index in [1.165, 1.54) is 24.1 Å². The minimum atomic E-state index is -0.430. The summed E-state index contributed by atoms with van der Waals surface area (Å²) in [5.41, 5.74) is 4.35. The Morgan fingerprint density at radius 3 is 2.60 bits per heavy atom. The number of hydrogen-bond donors (Lipinski definition) is 1. The van der Waals surface area contributed by atoms with E-state index in [0.29, 0.717) is 25.0 Å². The number of aromatic nitrogens is 2. The molecule has 3 fully saturated rings. The van der Waals surface area contributed by atoms with Crippen LogP contribution in [0.2, 0.25) is 0 Å². The molecule has 4 heterocycles. The number of amides is 2. The van der Waals surface area contributed by atoms with Gasteiger partial charge in [0.25, 0.3) is 0 Å². The molecule has 188 valence electrons. The van der Waals surface area contributed by atoms with E-state index in [1.807, 2.05) is 11.0 Å². The molecule has 1 aliphatic carbocycles. The molecule has 4 aliphatic rings. The first-order valence-electron chi connectivity index (χ1n) is 13.4. The van der Waals surface area contributed by atoms with Crippen molar-refractivity contribution in [1.29, 1.82) is 0 Å². The molecular weight excluding hydrogens is 438 g/mol. The number of rotatable bonds is 3. The summed E-state index contributed by atoms with van der Waals surface area (Å²) in [4.78, 5) is 17.2. The van der Waals surface area contributed by atoms with Crippen LogP contribution in [-0.4, -0.2) is 64.4 Å². The molecular formula is C28H39N5O2. The van der Waals surface area contributed by atoms with E-state index in [4.69, 9.17) is 9.84 Å². The quantitative estimate of drug-likeness (QED) is 0.696. The summed E-state index contributed by atoms with van der Waals surface area (Å²) >= 11 is 0. The Balaban J connectivity index is 1.32. The maximum atomic E-state index is 12.8. The van der Waals surface area contributed by atoms with Gasteiger partial charge in [-0.3, -0.25) is 4.68 Å². The molecule has 2 amide bonds. The molecule has 0 unspecified atom stereocenters. The first-order chi connectivity index (χ1) is 16.8. The number of ether oxygens (including phenoxy) is 1. The van der Waals surface area contributed by atoms with Gasteiger partial charge in [-0.15, -0.1) is 0 Å². The Kier molecular flexibility index (Phi) is 5.40. The number of likely N-dealkylation sites (tertiary alicyclic amines) is 2. The third kappa shape index (κ3) is 3.92. The molecule has 6 rings (SSSR count). The second-order valence-corrected chi connectivity index (χ2v) is 11.8. The van der Waals surface area contributed by atoms with Gasteiger partial charge in [0.05, 0.1) is 6.04 Å². The first kappa shape index (κ1) is 22.9. The van der Waals surface area contributed by atoms with Crippen LogP contribution < -0.4 is 10.1 Å². The van der Waals surface area contributed by atoms with Gasteiger partial charge >= 0.3 is 6.03 Å². The maximum absolute atomic E-state index is 12.8. The fourth-order valence-corrected chi connectivity index (χ4v) is 6.40. The van der Waals surface area contributed by atoms with E-state index in [0.717, 1.165) is 55.8 Å². The number of nitrogens with one attached hydrogen (secondary N) is 1. The summed E-state index contributed by atoms with van der Waals surface area (Å²) in [5.74, 6) is 1.61. The Morgan fingerprint density at radius 1 is 1.14 bits per heavy atom. The molecule has 1 aromatic carbocycles. The van der Waals surface area contributed by atoms with E-state index in [-0.39, 0.29) is 11.6 Å². The molecule has 2 aromatic rings. The highest BCUT2D eigenvalue weighted by molar-refractivity contribution is 5.76. The van der Waals surface area contributed by atoms with Crippen LogP contribution >= 0.6 is 0 Å². The second kappa shape index (κ2) is 8.26. The number of piperidine rings is 2. The fourth-order valence-electron chi connectivity index (χ4n) is 6.40. The SMILES string of the molecule is Cc1c2c(nn1[C@@H]1CCN(C)C(C)(C)C1)-c1ccccc1OC21CCN(C(=O)NCC2CC2)CC1. The molecule has 3 aliphatic heterocycles. The van der Waals surface area contributed by atoms with Crippen molar-refractivity contribution in [1.82, 2.24) is 24.9 Å². The van der Waals surface area contributed by atoms with Crippen LogP contribution in [0.3, 0.4) is 0 Å². The maximum Gasteiger partial charge on any atom is 0.317 e. The van der Waals surface area contributed by atoms with E-state index in [2.05, 4.69) is 60.9 Å². The third-order valence-electron chi connectivity index (χ3n) is 9.06. The lowest BCUT2D eigenvalue weighted by molar-refractivity contribution is 0.00438. The Hall–Kier alpha value is -2.54. The minimum absolute atomic E-state index is 0.0733. The van der Waals surface area contributed by atoms with Crippen molar-refractivity contribution < 1.29 is 9.53 Å². The number of para-hydroxylation sites is 1. The highest BCUT2D eigenvalue weighted by Gasteiger charge is 2.48. The number of carbonyl (C=O) groups is 1. The molecule has 7 nitrogen and oxygen atoms in total. The molecule has 0 radical (unpaired) electrons. The lowest BCUT2D eigenvalue weighted by atomic mass is 9.79. The van der Waals surface area contributed by atoms with Crippen molar-refractivity contribution in [3.63, 3.8) is 0 Å². The number of carbonyl (C=O) groups excluding carboxylic acids is 1. The van der Waals surface area contributed by atoms with Crippen LogP contribution in [0.15, 0.2) is 24.3 Å². The van der Waals surface area contributed by atoms with Crippen molar-refractivity contribution >= 4 is 6.03 Å². The third-order valence-corrected chi connectivity index (χ3v) is 9.06. The number of fused-ring (bicyclic) bond motifs is 4. The number of nitrogens with zero attached hydrogens (tertiary/aromatic N) is 4. The van der Waals surface area contributed by atoms with Crippen LogP contribution in [0.25, 0.3) is 11.3 Å². The molecule has 2 saturated heterocycles. The van der Waals surface area contributed by atoms with Gasteiger partial charge in [-0.1, -0.05) is 12.1 Å². The van der Waals surface area contributed by atoms with Crippen LogP contribution in [0.5, 0.6) is 5.75 Å². The summed E-state index contributed by atoms with van der Waals surface area (Å²) in [7, 11) is 2.23. The van der Waals surface area contributed by atoms with Gasteiger partial charge < -0.3 is 19.9 Å². The largest absolute Gasteiger partial charge is 0.482 e. The van der Waals surface area contributed by atoms with Crippen molar-refractivity contribution in [2.45, 2.75) is 76.5 Å². The normalized spacial score (nSPS) is 25.0. The van der Waals surface area contributed by atoms with Gasteiger partial charge in [0.15, 0.2) is 0 Å². The van der Waals surface area contributed by atoms with Crippen molar-refractivity contribution in [3.8, 4) is 17.0 Å². The fraction of sp³-hybridized carbons (Fsp3) is 0.643. The number of benzene rings is 1. The second-order valence-electron chi connectivity index (χ2n) is 11.8. The number of hydrogen-bond acceptors (Lipinski definition) is 4. The molecule has 1 aromatic heterocycles. The summed E-state index contributed by atoms with van der Waals surface area (Å²) in [6, 6.07) is 8.78. The zero-order valence-corrected chi connectivity index (χ0v) is 21.6. The Labute approximate surface area is 208 Å². The highest BCUT2D eigenvalue weighted by Crippen LogP contribution is 2.51. The van der Waals surface area contributed by atoms with Gasteiger partial charge in [-0.25, -0.2) is 4.79 Å². The zero-order chi connectivity index (χ0) is 24.4. The topological polar surface area (TPSA) is 62.6 Å². The van der Waals surface area contributed by atoms with Crippen molar-refractivity contribution in [2.24, 2.45) is 5.92 Å². The summed E-state index contributed by atoms with van der Waals surface area (Å²) in [6.45, 7) is 10.2. The molecule has 1 spiro atoms. The lowest BCUT2D eigenvalue weighted by Crippen LogP contribution is -2.51. The molecule has 7 heteroatoms. The summed E-state index contributed by atoms with van der Waals surface area (Å²) in [6.07, 6.45) is 6.25. The highest BCUT2D eigenvalue weighted by atomic mass is 16.5. The molecule has 35 heavy (non-hydrogen) atoms.